The molecule has 4 heteroatoms. The van der Waals surface area contributed by atoms with Gasteiger partial charge in [0.2, 0.25) is 5.91 Å². The molecule has 0 aromatic heterocycles. The van der Waals surface area contributed by atoms with Gasteiger partial charge in [0.25, 0.3) is 0 Å². The summed E-state index contributed by atoms with van der Waals surface area (Å²) in [6.45, 7) is 9.90. The molecule has 0 spiro atoms. The van der Waals surface area contributed by atoms with Gasteiger partial charge >= 0.3 is 0 Å². The maximum Gasteiger partial charge on any atom is 0.235 e. The van der Waals surface area contributed by atoms with E-state index in [2.05, 4.69) is 45.0 Å². The van der Waals surface area contributed by atoms with E-state index in [1.807, 2.05) is 11.8 Å². The second-order valence-electron chi connectivity index (χ2n) is 6.72. The largest absolute Gasteiger partial charge is 0.341 e. The van der Waals surface area contributed by atoms with Gasteiger partial charge in [-0.05, 0) is 37.8 Å². The van der Waals surface area contributed by atoms with E-state index in [1.54, 1.807) is 11.8 Å². The van der Waals surface area contributed by atoms with Crippen LogP contribution in [-0.2, 0) is 4.79 Å². The number of hydrogen-bond donors (Lipinski definition) is 1. The van der Waals surface area contributed by atoms with Crippen LogP contribution in [0.25, 0.3) is 0 Å². The molecule has 0 saturated carbocycles. The minimum atomic E-state index is -0.0576. The van der Waals surface area contributed by atoms with Gasteiger partial charge in [-0.3, -0.25) is 4.79 Å². The number of carbonyl (C=O) groups excluding carboxylic acids is 1. The molecule has 1 fully saturated rings. The smallest absolute Gasteiger partial charge is 0.235 e. The average Bonchev–Trinajstić information content (AvgIpc) is 2.43. The highest BCUT2D eigenvalue weighted by Crippen LogP contribution is 2.30. The van der Waals surface area contributed by atoms with Crippen LogP contribution in [0.1, 0.15) is 32.8 Å². The van der Waals surface area contributed by atoms with Crippen molar-refractivity contribution in [2.45, 2.75) is 50.3 Å². The molecule has 1 aliphatic heterocycles. The molecule has 0 radical (unpaired) electrons. The Labute approximate surface area is 132 Å². The van der Waals surface area contributed by atoms with Gasteiger partial charge < -0.3 is 10.6 Å². The molecular weight excluding hydrogens is 280 g/mol. The maximum absolute atomic E-state index is 12.6. The molecule has 21 heavy (non-hydrogen) atoms. The summed E-state index contributed by atoms with van der Waals surface area (Å²) in [4.78, 5) is 15.8. The molecule has 0 aliphatic carbocycles. The van der Waals surface area contributed by atoms with Gasteiger partial charge in [0.1, 0.15) is 0 Å². The first-order chi connectivity index (χ1) is 9.79. The fourth-order valence-corrected chi connectivity index (χ4v) is 3.64. The van der Waals surface area contributed by atoms with E-state index in [0.717, 1.165) is 24.4 Å². The highest BCUT2D eigenvalue weighted by Gasteiger charge is 2.36. The molecule has 1 aliphatic rings. The molecule has 1 aromatic rings. The Bertz CT molecular complexity index is 498. The quantitative estimate of drug-likeness (QED) is 0.873. The number of nitrogens with zero attached hydrogens (tertiary/aromatic N) is 1. The predicted molar refractivity (Wildman–Crippen MR) is 89.5 cm³/mol. The Morgan fingerprint density at radius 2 is 2.00 bits per heavy atom. The van der Waals surface area contributed by atoms with E-state index in [1.165, 1.54) is 5.56 Å². The van der Waals surface area contributed by atoms with E-state index in [0.29, 0.717) is 0 Å². The zero-order chi connectivity index (χ0) is 15.6. The molecule has 116 valence electrons. The third-order valence-corrected chi connectivity index (χ3v) is 5.40. The third kappa shape index (κ3) is 4.01. The lowest BCUT2D eigenvalue weighted by Gasteiger charge is -2.43. The van der Waals surface area contributed by atoms with Gasteiger partial charge in [0.05, 0.1) is 5.25 Å². The van der Waals surface area contributed by atoms with Crippen LogP contribution in [0.5, 0.6) is 0 Å². The number of thioether (sulfide) groups is 1. The van der Waals surface area contributed by atoms with Crippen LogP contribution in [0.2, 0.25) is 0 Å². The van der Waals surface area contributed by atoms with Crippen molar-refractivity contribution >= 4 is 17.7 Å². The normalized spacial score (nSPS) is 22.9. The fourth-order valence-electron chi connectivity index (χ4n) is 2.69. The number of rotatable bonds is 3. The van der Waals surface area contributed by atoms with Crippen molar-refractivity contribution in [2.24, 2.45) is 11.1 Å². The number of hydrogen-bond acceptors (Lipinski definition) is 3. The Morgan fingerprint density at radius 3 is 2.57 bits per heavy atom. The molecule has 1 saturated heterocycles. The van der Waals surface area contributed by atoms with E-state index in [-0.39, 0.29) is 22.6 Å². The van der Waals surface area contributed by atoms with Crippen molar-refractivity contribution in [3.8, 4) is 0 Å². The number of likely N-dealkylation sites (tertiary alicyclic amines) is 1. The maximum atomic E-state index is 12.6. The van der Waals surface area contributed by atoms with Gasteiger partial charge in [-0.15, -0.1) is 11.8 Å². The van der Waals surface area contributed by atoms with Gasteiger partial charge in [0, 0.05) is 24.0 Å². The number of aryl methyl sites for hydroxylation is 1. The van der Waals surface area contributed by atoms with Gasteiger partial charge in [-0.1, -0.05) is 31.5 Å². The number of carbonyl (C=O) groups is 1. The van der Waals surface area contributed by atoms with Crippen LogP contribution < -0.4 is 5.73 Å². The molecule has 1 amide bonds. The fraction of sp³-hybridized carbons (Fsp3) is 0.588. The summed E-state index contributed by atoms with van der Waals surface area (Å²) >= 11 is 1.63. The molecule has 2 unspecified atom stereocenters. The molecule has 1 heterocycles. The SMILES string of the molecule is Cc1ccc(SC(C)C(=O)N2CCC(N)C(C)(C)C2)cc1. The predicted octanol–water partition coefficient (Wildman–Crippen LogP) is 3.06. The Balaban J connectivity index is 1.98. The minimum absolute atomic E-state index is 0.00214. The second kappa shape index (κ2) is 6.41. The summed E-state index contributed by atoms with van der Waals surface area (Å²) in [7, 11) is 0. The topological polar surface area (TPSA) is 46.3 Å². The zero-order valence-corrected chi connectivity index (χ0v) is 14.2. The lowest BCUT2D eigenvalue weighted by atomic mass is 9.79. The standard InChI is InChI=1S/C17H26N2OS/c1-12-5-7-14(8-6-12)21-13(2)16(20)19-10-9-15(18)17(3,4)11-19/h5-8,13,15H,9-11,18H2,1-4H3. The lowest BCUT2D eigenvalue weighted by molar-refractivity contribution is -0.133. The van der Waals surface area contributed by atoms with E-state index in [9.17, 15) is 4.79 Å². The van der Waals surface area contributed by atoms with Gasteiger partial charge in [0.15, 0.2) is 0 Å². The summed E-state index contributed by atoms with van der Waals surface area (Å²) in [6.07, 6.45) is 0.890. The van der Waals surface area contributed by atoms with E-state index in [4.69, 9.17) is 5.73 Å². The van der Waals surface area contributed by atoms with E-state index < -0.39 is 0 Å². The highest BCUT2D eigenvalue weighted by molar-refractivity contribution is 8.00. The molecule has 2 rings (SSSR count). The molecule has 0 bridgehead atoms. The lowest BCUT2D eigenvalue weighted by Crippen LogP contribution is -2.55. The average molecular weight is 306 g/mol. The van der Waals surface area contributed by atoms with Crippen molar-refractivity contribution in [1.29, 1.82) is 0 Å². The highest BCUT2D eigenvalue weighted by atomic mass is 32.2. The van der Waals surface area contributed by atoms with Crippen molar-refractivity contribution in [1.82, 2.24) is 4.90 Å². The second-order valence-corrected chi connectivity index (χ2v) is 8.13. The molecule has 3 nitrogen and oxygen atoms in total. The number of benzene rings is 1. The number of amides is 1. The number of nitrogens with two attached hydrogens (primary N) is 1. The number of piperidine rings is 1. The monoisotopic (exact) mass is 306 g/mol. The summed E-state index contributed by atoms with van der Waals surface area (Å²) in [5.41, 5.74) is 7.39. The van der Waals surface area contributed by atoms with Crippen LogP contribution in [0.15, 0.2) is 29.2 Å². The summed E-state index contributed by atoms with van der Waals surface area (Å²) in [6, 6.07) is 8.52. The van der Waals surface area contributed by atoms with Crippen molar-refractivity contribution in [2.75, 3.05) is 13.1 Å². The first kappa shape index (κ1) is 16.4. The van der Waals surface area contributed by atoms with Gasteiger partial charge in [-0.25, -0.2) is 0 Å². The summed E-state index contributed by atoms with van der Waals surface area (Å²) in [5.74, 6) is 0.223. The van der Waals surface area contributed by atoms with Crippen LogP contribution in [0.4, 0.5) is 0 Å². The van der Waals surface area contributed by atoms with E-state index >= 15 is 0 Å². The van der Waals surface area contributed by atoms with Crippen molar-refractivity contribution < 1.29 is 4.79 Å². The minimum Gasteiger partial charge on any atom is -0.341 e. The molecule has 1 aromatic carbocycles. The third-order valence-electron chi connectivity index (χ3n) is 4.31. The molecule has 2 N–H and O–H groups in total. The summed E-state index contributed by atoms with van der Waals surface area (Å²) in [5, 5.41) is -0.0576. The van der Waals surface area contributed by atoms with Crippen LogP contribution >= 0.6 is 11.8 Å². The van der Waals surface area contributed by atoms with Crippen LogP contribution in [0, 0.1) is 12.3 Å². The molecular formula is C17H26N2OS. The molecule has 2 atom stereocenters. The van der Waals surface area contributed by atoms with Crippen LogP contribution in [0.3, 0.4) is 0 Å². The Morgan fingerprint density at radius 1 is 1.38 bits per heavy atom. The Kier molecular flexibility index (Phi) is 4.99. The Hall–Kier alpha value is -1.00. The first-order valence-electron chi connectivity index (χ1n) is 7.57. The zero-order valence-electron chi connectivity index (χ0n) is 13.4. The van der Waals surface area contributed by atoms with Crippen molar-refractivity contribution in [3.05, 3.63) is 29.8 Å². The van der Waals surface area contributed by atoms with Gasteiger partial charge in [-0.2, -0.15) is 0 Å². The summed E-state index contributed by atoms with van der Waals surface area (Å²) < 4.78 is 0. The van der Waals surface area contributed by atoms with Crippen molar-refractivity contribution in [3.63, 3.8) is 0 Å². The first-order valence-corrected chi connectivity index (χ1v) is 8.45. The van der Waals surface area contributed by atoms with Crippen LogP contribution in [-0.4, -0.2) is 35.2 Å².